The van der Waals surface area contributed by atoms with E-state index < -0.39 is 34.8 Å². The zero-order valence-electron chi connectivity index (χ0n) is 22.9. The highest BCUT2D eigenvalue weighted by atomic mass is 16.7. The molecule has 0 aliphatic carbocycles. The summed E-state index contributed by atoms with van der Waals surface area (Å²) in [5.41, 5.74) is 0.961. The third kappa shape index (κ3) is 4.76. The number of nitro benzene ring substituents is 1. The van der Waals surface area contributed by atoms with E-state index in [-0.39, 0.29) is 17.2 Å². The Balaban J connectivity index is 1.61. The summed E-state index contributed by atoms with van der Waals surface area (Å²) < 4.78 is 22.3. The number of ether oxygens (including phenoxy) is 4. The highest BCUT2D eigenvalue weighted by Gasteiger charge is 2.61. The molecule has 3 aromatic rings. The van der Waals surface area contributed by atoms with Crippen LogP contribution in [0.15, 0.2) is 60.7 Å². The molecular weight excluding hydrogens is 534 g/mol. The van der Waals surface area contributed by atoms with Crippen molar-refractivity contribution in [3.05, 3.63) is 76.3 Å². The van der Waals surface area contributed by atoms with Gasteiger partial charge in [-0.05, 0) is 48.9 Å². The predicted octanol–water partition coefficient (Wildman–Crippen LogP) is 4.46. The van der Waals surface area contributed by atoms with E-state index in [0.717, 1.165) is 11.3 Å². The first-order chi connectivity index (χ1) is 19.8. The number of non-ortho nitro benzene ring substituents is 1. The Hall–Kier alpha value is -4.84. The standard InChI is InChI=1S/C29H29N3O9/c1-5-15-40-20-11-9-17(10-12-20)30-28(33)23-24(21-13-14-22(37-2)26(39-4)25(21)38-3)31(41-27(23)29(30)34)18-7-6-8-19(16-18)32(35)36/h6-14,16,23-24,27H,5,15H2,1-4H3/t23-,24+,27+/m1/s1. The molecule has 2 amide bonds. The van der Waals surface area contributed by atoms with Crippen molar-refractivity contribution < 1.29 is 38.3 Å². The van der Waals surface area contributed by atoms with E-state index in [2.05, 4.69) is 0 Å². The number of anilines is 2. The van der Waals surface area contributed by atoms with Gasteiger partial charge in [0.2, 0.25) is 11.7 Å². The number of nitrogens with zero attached hydrogens (tertiary/aromatic N) is 3. The van der Waals surface area contributed by atoms with Gasteiger partial charge in [0, 0.05) is 17.7 Å². The molecule has 12 nitrogen and oxygen atoms in total. The average molecular weight is 564 g/mol. The number of amides is 2. The Morgan fingerprint density at radius 3 is 2.27 bits per heavy atom. The summed E-state index contributed by atoms with van der Waals surface area (Å²) in [4.78, 5) is 46.0. The van der Waals surface area contributed by atoms with E-state index in [1.54, 1.807) is 42.5 Å². The minimum atomic E-state index is -1.19. The number of nitro groups is 1. The lowest BCUT2D eigenvalue weighted by molar-refractivity contribution is -0.384. The Morgan fingerprint density at radius 1 is 0.902 bits per heavy atom. The summed E-state index contributed by atoms with van der Waals surface area (Å²) in [5.74, 6) is -0.484. The number of fused-ring (bicyclic) bond motifs is 1. The maximum Gasteiger partial charge on any atom is 0.271 e. The Morgan fingerprint density at radius 2 is 1.63 bits per heavy atom. The number of hydrogen-bond donors (Lipinski definition) is 0. The van der Waals surface area contributed by atoms with Gasteiger partial charge in [0.15, 0.2) is 17.6 Å². The zero-order chi connectivity index (χ0) is 29.3. The Bertz CT molecular complexity index is 1480. The number of hydroxylamine groups is 1. The van der Waals surface area contributed by atoms with Crippen LogP contribution in [0.1, 0.15) is 24.9 Å². The molecule has 3 atom stereocenters. The average Bonchev–Trinajstić information content (AvgIpc) is 3.50. The largest absolute Gasteiger partial charge is 0.494 e. The van der Waals surface area contributed by atoms with Crippen LogP contribution in [-0.2, 0) is 14.4 Å². The summed E-state index contributed by atoms with van der Waals surface area (Å²) in [6.07, 6.45) is -0.353. The molecule has 3 aromatic carbocycles. The molecule has 2 heterocycles. The number of carbonyl (C=O) groups is 2. The molecule has 0 saturated carbocycles. The second-order valence-electron chi connectivity index (χ2n) is 9.38. The van der Waals surface area contributed by atoms with Gasteiger partial charge < -0.3 is 18.9 Å². The summed E-state index contributed by atoms with van der Waals surface area (Å²) >= 11 is 0. The quantitative estimate of drug-likeness (QED) is 0.198. The third-order valence-corrected chi connectivity index (χ3v) is 7.03. The van der Waals surface area contributed by atoms with Crippen molar-refractivity contribution in [2.75, 3.05) is 37.9 Å². The molecule has 2 aliphatic rings. The first-order valence-electron chi connectivity index (χ1n) is 12.9. The second-order valence-corrected chi connectivity index (χ2v) is 9.38. The predicted molar refractivity (Wildman–Crippen MR) is 147 cm³/mol. The highest BCUT2D eigenvalue weighted by Crippen LogP contribution is 2.53. The second kappa shape index (κ2) is 11.3. The Labute approximate surface area is 236 Å². The van der Waals surface area contributed by atoms with Gasteiger partial charge in [-0.3, -0.25) is 24.5 Å². The highest BCUT2D eigenvalue weighted by molar-refractivity contribution is 6.24. The SMILES string of the molecule is CCCOc1ccc(N2C(=O)[C@H]3[C@H](ON(c4cccc([N+](=O)[O-])c4)[C@H]3c3ccc(OC)c(OC)c3OC)C2=O)cc1. The summed E-state index contributed by atoms with van der Waals surface area (Å²) in [6, 6.07) is 14.9. The van der Waals surface area contributed by atoms with Crippen LogP contribution in [0.3, 0.4) is 0 Å². The van der Waals surface area contributed by atoms with Crippen LogP contribution < -0.4 is 28.9 Å². The molecule has 12 heteroatoms. The molecule has 2 saturated heterocycles. The van der Waals surface area contributed by atoms with Crippen molar-refractivity contribution in [2.45, 2.75) is 25.5 Å². The summed E-state index contributed by atoms with van der Waals surface area (Å²) in [6.45, 7) is 2.54. The Kier molecular flexibility index (Phi) is 7.66. The fourth-order valence-electron chi connectivity index (χ4n) is 5.22. The molecule has 0 aromatic heterocycles. The van der Waals surface area contributed by atoms with Crippen LogP contribution in [0.4, 0.5) is 17.1 Å². The number of benzene rings is 3. The number of hydrogen-bond acceptors (Lipinski definition) is 10. The van der Waals surface area contributed by atoms with E-state index in [0.29, 0.717) is 35.0 Å². The smallest absolute Gasteiger partial charge is 0.271 e. The lowest BCUT2D eigenvalue weighted by Gasteiger charge is -2.30. The van der Waals surface area contributed by atoms with Crippen LogP contribution in [0.5, 0.6) is 23.0 Å². The normalized spacial score (nSPS) is 19.8. The summed E-state index contributed by atoms with van der Waals surface area (Å²) in [7, 11) is 4.38. The third-order valence-electron chi connectivity index (χ3n) is 7.03. The van der Waals surface area contributed by atoms with E-state index in [9.17, 15) is 19.7 Å². The summed E-state index contributed by atoms with van der Waals surface area (Å²) in [5, 5.41) is 12.9. The molecule has 2 fully saturated rings. The minimum Gasteiger partial charge on any atom is -0.494 e. The van der Waals surface area contributed by atoms with Crippen molar-refractivity contribution in [1.29, 1.82) is 0 Å². The molecular formula is C29H29N3O9. The van der Waals surface area contributed by atoms with Gasteiger partial charge in [0.25, 0.3) is 11.6 Å². The van der Waals surface area contributed by atoms with Crippen molar-refractivity contribution in [2.24, 2.45) is 5.92 Å². The van der Waals surface area contributed by atoms with Crippen molar-refractivity contribution in [1.82, 2.24) is 0 Å². The molecule has 2 aliphatic heterocycles. The topological polar surface area (TPSA) is 130 Å². The van der Waals surface area contributed by atoms with Crippen LogP contribution in [0, 0.1) is 16.0 Å². The molecule has 0 bridgehead atoms. The van der Waals surface area contributed by atoms with Gasteiger partial charge in [-0.2, -0.15) is 0 Å². The van der Waals surface area contributed by atoms with E-state index in [1.807, 2.05) is 6.92 Å². The number of carbonyl (C=O) groups excluding carboxylic acids is 2. The van der Waals surface area contributed by atoms with Gasteiger partial charge in [0.1, 0.15) is 17.7 Å². The lowest BCUT2D eigenvalue weighted by Crippen LogP contribution is -2.37. The molecule has 214 valence electrons. The van der Waals surface area contributed by atoms with Crippen LogP contribution in [-0.4, -0.2) is 50.8 Å². The van der Waals surface area contributed by atoms with E-state index in [1.165, 1.54) is 44.6 Å². The maximum absolute atomic E-state index is 14.0. The van der Waals surface area contributed by atoms with Crippen LogP contribution in [0.25, 0.3) is 0 Å². The van der Waals surface area contributed by atoms with E-state index in [4.69, 9.17) is 23.8 Å². The van der Waals surface area contributed by atoms with Gasteiger partial charge in [-0.1, -0.05) is 13.0 Å². The lowest BCUT2D eigenvalue weighted by atomic mass is 9.89. The first kappa shape index (κ1) is 27.7. The molecule has 0 N–H and O–H groups in total. The molecule has 5 rings (SSSR count). The number of rotatable bonds is 10. The van der Waals surface area contributed by atoms with Crippen molar-refractivity contribution >= 4 is 28.9 Å². The van der Waals surface area contributed by atoms with Gasteiger partial charge in [0.05, 0.1) is 44.2 Å². The van der Waals surface area contributed by atoms with Gasteiger partial charge >= 0.3 is 0 Å². The van der Waals surface area contributed by atoms with Gasteiger partial charge in [-0.15, -0.1) is 0 Å². The van der Waals surface area contributed by atoms with Gasteiger partial charge in [-0.25, -0.2) is 9.96 Å². The monoisotopic (exact) mass is 563 g/mol. The van der Waals surface area contributed by atoms with Crippen LogP contribution in [0.2, 0.25) is 0 Å². The van der Waals surface area contributed by atoms with Crippen molar-refractivity contribution in [3.63, 3.8) is 0 Å². The fraction of sp³-hybridized carbons (Fsp3) is 0.310. The zero-order valence-corrected chi connectivity index (χ0v) is 22.9. The fourth-order valence-corrected chi connectivity index (χ4v) is 5.22. The maximum atomic E-state index is 14.0. The van der Waals surface area contributed by atoms with Crippen LogP contribution >= 0.6 is 0 Å². The molecule has 0 radical (unpaired) electrons. The minimum absolute atomic E-state index is 0.175. The molecule has 41 heavy (non-hydrogen) atoms. The number of imide groups is 1. The van der Waals surface area contributed by atoms with E-state index >= 15 is 0 Å². The first-order valence-corrected chi connectivity index (χ1v) is 12.9. The molecule has 0 spiro atoms. The van der Waals surface area contributed by atoms with Crippen molar-refractivity contribution in [3.8, 4) is 23.0 Å². The molecule has 0 unspecified atom stereocenters. The number of methoxy groups -OCH3 is 3.